The molecular formula is C22H13N3. The van der Waals surface area contributed by atoms with Gasteiger partial charge in [0.1, 0.15) is 11.3 Å². The largest absolute Gasteiger partial charge is 0.283 e. The summed E-state index contributed by atoms with van der Waals surface area (Å²) in [4.78, 5) is 9.19. The molecule has 25 heavy (non-hydrogen) atoms. The lowest BCUT2D eigenvalue weighted by Crippen LogP contribution is -1.93. The van der Waals surface area contributed by atoms with Gasteiger partial charge in [0.2, 0.25) is 0 Å². The van der Waals surface area contributed by atoms with Crippen LogP contribution in [-0.4, -0.2) is 14.4 Å². The molecule has 3 nitrogen and oxygen atoms in total. The zero-order valence-electron chi connectivity index (χ0n) is 13.3. The molecule has 0 aliphatic rings. The van der Waals surface area contributed by atoms with Gasteiger partial charge in [-0.25, -0.2) is 9.97 Å². The van der Waals surface area contributed by atoms with E-state index in [9.17, 15) is 0 Å². The summed E-state index contributed by atoms with van der Waals surface area (Å²) in [5.74, 6) is 0. The third-order valence-electron chi connectivity index (χ3n) is 5.07. The first kappa shape index (κ1) is 12.9. The van der Waals surface area contributed by atoms with E-state index in [1.54, 1.807) is 0 Å². The maximum Gasteiger partial charge on any atom is 0.146 e. The molecule has 116 valence electrons. The molecule has 3 heteroatoms. The predicted molar refractivity (Wildman–Crippen MR) is 103 cm³/mol. The topological polar surface area (TPSA) is 30.2 Å². The van der Waals surface area contributed by atoms with Crippen LogP contribution in [0.2, 0.25) is 0 Å². The van der Waals surface area contributed by atoms with Crippen molar-refractivity contribution in [3.63, 3.8) is 0 Å². The highest BCUT2D eigenvalue weighted by atomic mass is 15.0. The van der Waals surface area contributed by atoms with Crippen LogP contribution in [0.25, 0.3) is 49.0 Å². The second-order valence-electron chi connectivity index (χ2n) is 6.40. The zero-order chi connectivity index (χ0) is 16.4. The second-order valence-corrected chi connectivity index (χ2v) is 6.40. The van der Waals surface area contributed by atoms with Crippen LogP contribution in [0.5, 0.6) is 0 Å². The number of benzene rings is 3. The Bertz CT molecular complexity index is 1440. The van der Waals surface area contributed by atoms with E-state index in [2.05, 4.69) is 69.0 Å². The first-order valence-corrected chi connectivity index (χ1v) is 8.35. The van der Waals surface area contributed by atoms with E-state index in [1.165, 1.54) is 26.9 Å². The molecule has 0 unspecified atom stereocenters. The van der Waals surface area contributed by atoms with Gasteiger partial charge in [0, 0.05) is 29.4 Å². The van der Waals surface area contributed by atoms with Crippen molar-refractivity contribution in [2.45, 2.75) is 0 Å². The van der Waals surface area contributed by atoms with Gasteiger partial charge in [-0.15, -0.1) is 0 Å². The van der Waals surface area contributed by atoms with E-state index < -0.39 is 0 Å². The number of nitrogens with zero attached hydrogens (tertiary/aromatic N) is 3. The van der Waals surface area contributed by atoms with Gasteiger partial charge in [-0.1, -0.05) is 36.4 Å². The Morgan fingerprint density at radius 1 is 0.560 bits per heavy atom. The van der Waals surface area contributed by atoms with Crippen molar-refractivity contribution in [1.29, 1.82) is 0 Å². The van der Waals surface area contributed by atoms with Crippen molar-refractivity contribution < 1.29 is 0 Å². The molecule has 0 amide bonds. The molecule has 0 aliphatic carbocycles. The van der Waals surface area contributed by atoms with Gasteiger partial charge in [-0.05, 0) is 51.2 Å². The van der Waals surface area contributed by atoms with E-state index in [0.717, 1.165) is 22.1 Å². The SMILES string of the molecule is c1ccc2c(c1)ccc1cc3c(cc12)c1cccnc1n1ccnc31. The highest BCUT2D eigenvalue weighted by Gasteiger charge is 2.12. The summed E-state index contributed by atoms with van der Waals surface area (Å²) in [6.07, 6.45) is 5.66. The van der Waals surface area contributed by atoms with E-state index in [0.29, 0.717) is 0 Å². The van der Waals surface area contributed by atoms with Crippen LogP contribution < -0.4 is 0 Å². The molecule has 6 rings (SSSR count). The van der Waals surface area contributed by atoms with Crippen LogP contribution in [0.3, 0.4) is 0 Å². The molecule has 0 saturated heterocycles. The quantitative estimate of drug-likeness (QED) is 0.279. The van der Waals surface area contributed by atoms with Crippen LogP contribution in [0.4, 0.5) is 0 Å². The van der Waals surface area contributed by atoms with Crippen molar-refractivity contribution in [2.75, 3.05) is 0 Å². The van der Waals surface area contributed by atoms with Gasteiger partial charge in [-0.2, -0.15) is 0 Å². The third kappa shape index (κ3) is 1.64. The fourth-order valence-electron chi connectivity index (χ4n) is 3.94. The first-order chi connectivity index (χ1) is 12.4. The lowest BCUT2D eigenvalue weighted by molar-refractivity contribution is 1.20. The summed E-state index contributed by atoms with van der Waals surface area (Å²) < 4.78 is 2.07. The molecule has 0 aliphatic heterocycles. The molecule has 0 atom stereocenters. The van der Waals surface area contributed by atoms with Crippen molar-refractivity contribution in [3.8, 4) is 0 Å². The standard InChI is InChI=1S/C22H13N3/c1-2-5-16-14(4-1)7-8-15-12-20-19(13-18(15)16)17-6-3-9-23-21(17)25-11-10-24-22(20)25/h1-13H. The molecule has 6 aromatic rings. The van der Waals surface area contributed by atoms with Crippen molar-refractivity contribution >= 4 is 49.0 Å². The Balaban J connectivity index is 1.95. The van der Waals surface area contributed by atoms with Gasteiger partial charge in [0.15, 0.2) is 0 Å². The van der Waals surface area contributed by atoms with Gasteiger partial charge in [0.05, 0.1) is 0 Å². The lowest BCUT2D eigenvalue weighted by atomic mass is 9.97. The van der Waals surface area contributed by atoms with Crippen LogP contribution in [0.1, 0.15) is 0 Å². The Morgan fingerprint density at radius 3 is 2.36 bits per heavy atom. The smallest absolute Gasteiger partial charge is 0.146 e. The Kier molecular flexibility index (Phi) is 2.35. The molecule has 0 fully saturated rings. The number of hydrogen-bond acceptors (Lipinski definition) is 2. The summed E-state index contributed by atoms with van der Waals surface area (Å²) in [6, 6.07) is 21.6. The summed E-state index contributed by atoms with van der Waals surface area (Å²) in [7, 11) is 0. The van der Waals surface area contributed by atoms with Crippen molar-refractivity contribution in [3.05, 3.63) is 79.3 Å². The van der Waals surface area contributed by atoms with Gasteiger partial charge in [-0.3, -0.25) is 4.40 Å². The Labute approximate surface area is 143 Å². The number of imidazole rings is 1. The van der Waals surface area contributed by atoms with Gasteiger partial charge >= 0.3 is 0 Å². The van der Waals surface area contributed by atoms with Crippen LogP contribution in [0, 0.1) is 0 Å². The second kappa shape index (κ2) is 4.54. The first-order valence-electron chi connectivity index (χ1n) is 8.35. The number of aromatic nitrogens is 3. The molecule has 0 radical (unpaired) electrons. The minimum absolute atomic E-state index is 0.946. The average Bonchev–Trinajstić information content (AvgIpc) is 3.17. The predicted octanol–water partition coefficient (Wildman–Crippen LogP) is 5.34. The fourth-order valence-corrected chi connectivity index (χ4v) is 3.94. The maximum atomic E-state index is 4.60. The summed E-state index contributed by atoms with van der Waals surface area (Å²) >= 11 is 0. The summed E-state index contributed by atoms with van der Waals surface area (Å²) in [5.41, 5.74) is 1.90. The number of rotatable bonds is 0. The van der Waals surface area contributed by atoms with E-state index in [1.807, 2.05) is 24.7 Å². The van der Waals surface area contributed by atoms with E-state index >= 15 is 0 Å². The molecular weight excluding hydrogens is 306 g/mol. The number of hydrogen-bond donors (Lipinski definition) is 0. The molecule has 3 aromatic heterocycles. The molecule has 3 aromatic carbocycles. The van der Waals surface area contributed by atoms with E-state index in [4.69, 9.17) is 0 Å². The molecule has 0 spiro atoms. The Hall–Kier alpha value is -3.46. The molecule has 0 N–H and O–H groups in total. The average molecular weight is 319 g/mol. The number of fused-ring (bicyclic) bond motifs is 9. The van der Waals surface area contributed by atoms with Gasteiger partial charge in [0.25, 0.3) is 0 Å². The summed E-state index contributed by atoms with van der Waals surface area (Å²) in [6.45, 7) is 0. The Morgan fingerprint density at radius 2 is 1.36 bits per heavy atom. The lowest BCUT2D eigenvalue weighted by Gasteiger charge is -2.10. The minimum Gasteiger partial charge on any atom is -0.283 e. The molecule has 0 bridgehead atoms. The fraction of sp³-hybridized carbons (Fsp3) is 0. The summed E-state index contributed by atoms with van der Waals surface area (Å²) in [5, 5.41) is 8.56. The third-order valence-corrected chi connectivity index (χ3v) is 5.07. The van der Waals surface area contributed by atoms with Crippen LogP contribution >= 0.6 is 0 Å². The zero-order valence-corrected chi connectivity index (χ0v) is 13.3. The minimum atomic E-state index is 0.946. The normalized spacial score (nSPS) is 12.0. The van der Waals surface area contributed by atoms with Crippen molar-refractivity contribution in [1.82, 2.24) is 14.4 Å². The number of pyridine rings is 2. The van der Waals surface area contributed by atoms with Gasteiger partial charge < -0.3 is 0 Å². The molecule has 0 saturated carbocycles. The van der Waals surface area contributed by atoms with Crippen LogP contribution in [0.15, 0.2) is 79.3 Å². The van der Waals surface area contributed by atoms with Crippen LogP contribution in [-0.2, 0) is 0 Å². The van der Waals surface area contributed by atoms with Crippen molar-refractivity contribution in [2.24, 2.45) is 0 Å². The van der Waals surface area contributed by atoms with E-state index in [-0.39, 0.29) is 0 Å². The monoisotopic (exact) mass is 319 g/mol. The highest BCUT2D eigenvalue weighted by molar-refractivity contribution is 6.19. The maximum absolute atomic E-state index is 4.60. The highest BCUT2D eigenvalue weighted by Crippen LogP contribution is 2.34. The molecule has 3 heterocycles.